The van der Waals surface area contributed by atoms with Crippen LogP contribution in [0.1, 0.15) is 60.3 Å². The van der Waals surface area contributed by atoms with Gasteiger partial charge >= 0.3 is 0 Å². The molecule has 18 heavy (non-hydrogen) atoms. The van der Waals surface area contributed by atoms with Crippen LogP contribution in [0, 0.1) is 16.7 Å². The summed E-state index contributed by atoms with van der Waals surface area (Å²) in [4.78, 5) is 0. The Hall–Kier alpha value is -0.0800. The second-order valence-corrected chi connectivity index (χ2v) is 7.43. The number of fused-ring (bicyclic) bond motifs is 2. The molecule has 2 aliphatic rings. The molecule has 2 saturated carbocycles. The van der Waals surface area contributed by atoms with Crippen molar-refractivity contribution in [1.82, 2.24) is 5.32 Å². The van der Waals surface area contributed by atoms with Gasteiger partial charge in [0.1, 0.15) is 0 Å². The zero-order valence-electron chi connectivity index (χ0n) is 12.9. The van der Waals surface area contributed by atoms with Crippen molar-refractivity contribution in [2.24, 2.45) is 16.7 Å². The normalized spacial score (nSPS) is 37.7. The third-order valence-corrected chi connectivity index (χ3v) is 5.91. The summed E-state index contributed by atoms with van der Waals surface area (Å²) in [7, 11) is 0. The fourth-order valence-electron chi connectivity index (χ4n) is 4.07. The number of hydrogen-bond acceptors (Lipinski definition) is 2. The molecule has 0 aromatic carbocycles. The molecule has 3 atom stereocenters. The van der Waals surface area contributed by atoms with Crippen LogP contribution in [0.25, 0.3) is 0 Å². The topological polar surface area (TPSA) is 21.3 Å². The number of hydrogen-bond donors (Lipinski definition) is 1. The van der Waals surface area contributed by atoms with E-state index in [4.69, 9.17) is 4.74 Å². The van der Waals surface area contributed by atoms with Gasteiger partial charge in [-0.3, -0.25) is 0 Å². The number of ether oxygens (including phenoxy) is 1. The Bertz CT molecular complexity index is 287. The SMILES string of the molecule is CC(C)NCCCOC1CC2CCC1(C)C2(C)C. The summed E-state index contributed by atoms with van der Waals surface area (Å²) in [5.74, 6) is 0.890. The average Bonchev–Trinajstić information content (AvgIpc) is 2.61. The fraction of sp³-hybridized carbons (Fsp3) is 1.00. The predicted molar refractivity (Wildman–Crippen MR) is 76.7 cm³/mol. The second kappa shape index (κ2) is 5.13. The van der Waals surface area contributed by atoms with Crippen LogP contribution >= 0.6 is 0 Å². The van der Waals surface area contributed by atoms with Crippen molar-refractivity contribution in [3.63, 3.8) is 0 Å². The molecule has 2 rings (SSSR count). The van der Waals surface area contributed by atoms with E-state index in [1.807, 2.05) is 0 Å². The minimum absolute atomic E-state index is 0.420. The van der Waals surface area contributed by atoms with Gasteiger partial charge in [-0.05, 0) is 49.0 Å². The maximum Gasteiger partial charge on any atom is 0.0636 e. The summed E-state index contributed by atoms with van der Waals surface area (Å²) in [6.07, 6.45) is 5.71. The molecule has 0 aromatic heterocycles. The van der Waals surface area contributed by atoms with E-state index in [1.54, 1.807) is 0 Å². The lowest BCUT2D eigenvalue weighted by Gasteiger charge is -2.39. The van der Waals surface area contributed by atoms with Crippen LogP contribution < -0.4 is 5.32 Å². The molecule has 0 aliphatic heterocycles. The Labute approximate surface area is 113 Å². The quantitative estimate of drug-likeness (QED) is 0.730. The number of rotatable bonds is 6. The maximum atomic E-state index is 6.22. The highest BCUT2D eigenvalue weighted by Gasteiger charge is 2.61. The van der Waals surface area contributed by atoms with Crippen LogP contribution in [0.2, 0.25) is 0 Å². The summed E-state index contributed by atoms with van der Waals surface area (Å²) in [6.45, 7) is 13.7. The van der Waals surface area contributed by atoms with Crippen molar-refractivity contribution in [2.45, 2.75) is 72.4 Å². The van der Waals surface area contributed by atoms with Crippen LogP contribution in [0.5, 0.6) is 0 Å². The van der Waals surface area contributed by atoms with E-state index < -0.39 is 0 Å². The van der Waals surface area contributed by atoms with Crippen molar-refractivity contribution < 1.29 is 4.74 Å². The lowest BCUT2D eigenvalue weighted by Crippen LogP contribution is -2.37. The summed E-state index contributed by atoms with van der Waals surface area (Å²) in [5, 5.41) is 3.45. The van der Waals surface area contributed by atoms with Crippen molar-refractivity contribution in [1.29, 1.82) is 0 Å². The largest absolute Gasteiger partial charge is 0.378 e. The van der Waals surface area contributed by atoms with Crippen LogP contribution in [0.4, 0.5) is 0 Å². The van der Waals surface area contributed by atoms with Crippen LogP contribution in [0.3, 0.4) is 0 Å². The first kappa shape index (κ1) is 14.3. The first-order valence-electron chi connectivity index (χ1n) is 7.73. The van der Waals surface area contributed by atoms with E-state index in [1.165, 1.54) is 19.3 Å². The lowest BCUT2D eigenvalue weighted by atomic mass is 9.70. The van der Waals surface area contributed by atoms with Gasteiger partial charge in [-0.25, -0.2) is 0 Å². The molecule has 0 saturated heterocycles. The van der Waals surface area contributed by atoms with E-state index in [0.717, 1.165) is 25.5 Å². The molecule has 2 aliphatic carbocycles. The van der Waals surface area contributed by atoms with Gasteiger partial charge in [0.15, 0.2) is 0 Å². The lowest BCUT2D eigenvalue weighted by molar-refractivity contribution is -0.0470. The zero-order chi connectivity index (χ0) is 13.4. The Morgan fingerprint density at radius 2 is 2.00 bits per heavy atom. The molecule has 2 nitrogen and oxygen atoms in total. The highest BCUT2D eigenvalue weighted by molar-refractivity contribution is 5.11. The van der Waals surface area contributed by atoms with Crippen molar-refractivity contribution in [3.8, 4) is 0 Å². The van der Waals surface area contributed by atoms with Gasteiger partial charge in [-0.2, -0.15) is 0 Å². The summed E-state index contributed by atoms with van der Waals surface area (Å²) < 4.78 is 6.22. The zero-order valence-corrected chi connectivity index (χ0v) is 12.9. The Morgan fingerprint density at radius 3 is 2.50 bits per heavy atom. The van der Waals surface area contributed by atoms with Crippen LogP contribution in [-0.4, -0.2) is 25.3 Å². The third-order valence-electron chi connectivity index (χ3n) is 5.91. The maximum absolute atomic E-state index is 6.22. The number of nitrogens with one attached hydrogen (secondary N) is 1. The minimum Gasteiger partial charge on any atom is -0.378 e. The monoisotopic (exact) mass is 253 g/mol. The molecule has 0 aromatic rings. The van der Waals surface area contributed by atoms with E-state index in [0.29, 0.717) is 23.0 Å². The van der Waals surface area contributed by atoms with Crippen molar-refractivity contribution >= 4 is 0 Å². The molecule has 0 heterocycles. The highest BCUT2D eigenvalue weighted by Crippen LogP contribution is 2.66. The molecule has 2 heteroatoms. The average molecular weight is 253 g/mol. The van der Waals surface area contributed by atoms with Gasteiger partial charge in [-0.1, -0.05) is 34.6 Å². The molecule has 0 spiro atoms. The van der Waals surface area contributed by atoms with E-state index in [-0.39, 0.29) is 0 Å². The third kappa shape index (κ3) is 2.34. The van der Waals surface area contributed by atoms with E-state index >= 15 is 0 Å². The van der Waals surface area contributed by atoms with Gasteiger partial charge in [-0.15, -0.1) is 0 Å². The second-order valence-electron chi connectivity index (χ2n) is 7.43. The smallest absolute Gasteiger partial charge is 0.0636 e. The highest BCUT2D eigenvalue weighted by atomic mass is 16.5. The summed E-state index contributed by atoms with van der Waals surface area (Å²) in [5.41, 5.74) is 0.900. The summed E-state index contributed by atoms with van der Waals surface area (Å²) in [6, 6.07) is 0.587. The van der Waals surface area contributed by atoms with Gasteiger partial charge in [0.2, 0.25) is 0 Å². The Balaban J connectivity index is 1.75. The first-order valence-corrected chi connectivity index (χ1v) is 7.73. The molecule has 1 N–H and O–H groups in total. The molecular weight excluding hydrogens is 222 g/mol. The first-order chi connectivity index (χ1) is 8.38. The van der Waals surface area contributed by atoms with Gasteiger partial charge < -0.3 is 10.1 Å². The molecule has 2 fully saturated rings. The van der Waals surface area contributed by atoms with Crippen molar-refractivity contribution in [3.05, 3.63) is 0 Å². The Kier molecular flexibility index (Phi) is 4.08. The van der Waals surface area contributed by atoms with Crippen molar-refractivity contribution in [2.75, 3.05) is 13.2 Å². The van der Waals surface area contributed by atoms with E-state index in [9.17, 15) is 0 Å². The minimum atomic E-state index is 0.420. The van der Waals surface area contributed by atoms with Gasteiger partial charge in [0, 0.05) is 12.6 Å². The summed E-state index contributed by atoms with van der Waals surface area (Å²) >= 11 is 0. The predicted octanol–water partition coefficient (Wildman–Crippen LogP) is 3.61. The molecule has 0 amide bonds. The molecular formula is C16H31NO. The molecule has 106 valence electrons. The van der Waals surface area contributed by atoms with Crippen LogP contribution in [0.15, 0.2) is 0 Å². The Morgan fingerprint density at radius 1 is 1.28 bits per heavy atom. The molecule has 2 bridgehead atoms. The fourth-order valence-corrected chi connectivity index (χ4v) is 4.07. The van der Waals surface area contributed by atoms with Gasteiger partial charge in [0.05, 0.1) is 6.10 Å². The van der Waals surface area contributed by atoms with Gasteiger partial charge in [0.25, 0.3) is 0 Å². The van der Waals surface area contributed by atoms with Crippen LogP contribution in [-0.2, 0) is 4.74 Å². The molecule has 3 unspecified atom stereocenters. The standard InChI is InChI=1S/C16H31NO/c1-12(2)17-9-6-10-18-14-11-13-7-8-16(14,5)15(13,3)4/h12-14,17H,6-11H2,1-5H3. The van der Waals surface area contributed by atoms with E-state index in [2.05, 4.69) is 39.9 Å². The molecule has 0 radical (unpaired) electrons.